The summed E-state index contributed by atoms with van der Waals surface area (Å²) in [5.41, 5.74) is 2.01. The van der Waals surface area contributed by atoms with E-state index in [1.807, 2.05) is 31.2 Å². The lowest BCUT2D eigenvalue weighted by Gasteiger charge is -2.18. The minimum Gasteiger partial charge on any atom is -0.355 e. The third-order valence-electron chi connectivity index (χ3n) is 3.16. The number of thioether (sulfide) groups is 1. The molecule has 24 heavy (non-hydrogen) atoms. The maximum absolute atomic E-state index is 12.3. The Morgan fingerprint density at radius 1 is 1.25 bits per heavy atom. The first-order valence-corrected chi connectivity index (χ1v) is 9.64. The highest BCUT2D eigenvalue weighted by molar-refractivity contribution is 8.02. The summed E-state index contributed by atoms with van der Waals surface area (Å²) in [5.74, 6) is -0.0372. The third kappa shape index (κ3) is 5.79. The maximum atomic E-state index is 12.3. The third-order valence-corrected chi connectivity index (χ3v) is 5.19. The van der Waals surface area contributed by atoms with E-state index in [1.165, 1.54) is 28.7 Å². The number of carbonyl (C=O) groups excluding carboxylic acids is 1. The molecular formula is C17H24N4OS2. The number of nitrogens with one attached hydrogen (secondary N) is 2. The molecule has 1 amide bonds. The number of carbonyl (C=O) groups is 1. The van der Waals surface area contributed by atoms with Crippen molar-refractivity contribution in [1.82, 2.24) is 10.2 Å². The number of aromatic nitrogens is 2. The van der Waals surface area contributed by atoms with Crippen LogP contribution < -0.4 is 10.6 Å². The summed E-state index contributed by atoms with van der Waals surface area (Å²) in [4.78, 5) is 12.3. The second-order valence-corrected chi connectivity index (χ2v) is 9.11. The van der Waals surface area contributed by atoms with E-state index in [4.69, 9.17) is 0 Å². The monoisotopic (exact) mass is 364 g/mol. The summed E-state index contributed by atoms with van der Waals surface area (Å²) in [5, 5.41) is 15.0. The van der Waals surface area contributed by atoms with Gasteiger partial charge in [-0.2, -0.15) is 0 Å². The standard InChI is InChI=1S/C17H24N4OS2/c1-6-12-7-9-13(10-8-12)18-14(22)11(2)23-16-21-20-15(24-16)19-17(3,4)5/h7-11H,6H2,1-5H3,(H,18,22)(H,19,20). The summed E-state index contributed by atoms with van der Waals surface area (Å²) >= 11 is 2.88. The first-order chi connectivity index (χ1) is 11.3. The largest absolute Gasteiger partial charge is 0.355 e. The van der Waals surface area contributed by atoms with Crippen molar-refractivity contribution in [2.24, 2.45) is 0 Å². The summed E-state index contributed by atoms with van der Waals surface area (Å²) in [6.45, 7) is 10.2. The van der Waals surface area contributed by atoms with Gasteiger partial charge in [-0.05, 0) is 51.8 Å². The molecule has 0 aliphatic heterocycles. The Labute approximate surface area is 151 Å². The smallest absolute Gasteiger partial charge is 0.237 e. The molecule has 0 fully saturated rings. The number of hydrogen-bond donors (Lipinski definition) is 2. The van der Waals surface area contributed by atoms with Gasteiger partial charge in [-0.3, -0.25) is 4.79 Å². The van der Waals surface area contributed by atoms with Crippen molar-refractivity contribution in [2.75, 3.05) is 10.6 Å². The van der Waals surface area contributed by atoms with E-state index in [0.29, 0.717) is 0 Å². The number of nitrogens with zero attached hydrogens (tertiary/aromatic N) is 2. The fraction of sp³-hybridized carbons (Fsp3) is 0.471. The predicted molar refractivity (Wildman–Crippen MR) is 103 cm³/mol. The normalized spacial score (nSPS) is 12.7. The van der Waals surface area contributed by atoms with E-state index in [-0.39, 0.29) is 16.7 Å². The first kappa shape index (κ1) is 18.7. The Bertz CT molecular complexity index is 677. The van der Waals surface area contributed by atoms with Crippen LogP contribution in [-0.4, -0.2) is 26.9 Å². The summed E-state index contributed by atoms with van der Waals surface area (Å²) in [6, 6.07) is 7.93. The van der Waals surface area contributed by atoms with Gasteiger partial charge in [0, 0.05) is 11.2 Å². The van der Waals surface area contributed by atoms with Crippen LogP contribution in [0, 0.1) is 0 Å². The fourth-order valence-corrected chi connectivity index (χ4v) is 4.01. The number of benzene rings is 1. The second kappa shape index (κ2) is 7.98. The number of amides is 1. The molecule has 1 atom stereocenters. The van der Waals surface area contributed by atoms with Crippen molar-refractivity contribution in [2.45, 2.75) is 56.2 Å². The van der Waals surface area contributed by atoms with Crippen LogP contribution in [0.4, 0.5) is 10.8 Å². The van der Waals surface area contributed by atoms with Gasteiger partial charge < -0.3 is 10.6 Å². The van der Waals surface area contributed by atoms with Gasteiger partial charge >= 0.3 is 0 Å². The average Bonchev–Trinajstić information content (AvgIpc) is 2.92. The lowest BCUT2D eigenvalue weighted by Crippen LogP contribution is -2.25. The SMILES string of the molecule is CCc1ccc(NC(=O)C(C)Sc2nnc(NC(C)(C)C)s2)cc1. The Balaban J connectivity index is 1.91. The topological polar surface area (TPSA) is 66.9 Å². The van der Waals surface area contributed by atoms with Crippen LogP contribution in [0.1, 0.15) is 40.2 Å². The molecule has 2 rings (SSSR count). The Morgan fingerprint density at radius 3 is 2.50 bits per heavy atom. The first-order valence-electron chi connectivity index (χ1n) is 7.95. The van der Waals surface area contributed by atoms with Crippen molar-refractivity contribution in [1.29, 1.82) is 0 Å². The molecule has 1 aromatic carbocycles. The molecule has 130 valence electrons. The molecule has 7 heteroatoms. The highest BCUT2D eigenvalue weighted by atomic mass is 32.2. The van der Waals surface area contributed by atoms with Gasteiger partial charge in [0.2, 0.25) is 11.0 Å². The molecule has 0 spiro atoms. The zero-order valence-electron chi connectivity index (χ0n) is 14.7. The highest BCUT2D eigenvalue weighted by Gasteiger charge is 2.19. The van der Waals surface area contributed by atoms with Gasteiger partial charge in [-0.1, -0.05) is 42.2 Å². The number of hydrogen-bond acceptors (Lipinski definition) is 6. The molecule has 0 saturated heterocycles. The lowest BCUT2D eigenvalue weighted by molar-refractivity contribution is -0.115. The van der Waals surface area contributed by atoms with Crippen molar-refractivity contribution >= 4 is 39.8 Å². The van der Waals surface area contributed by atoms with Gasteiger partial charge in [0.1, 0.15) is 0 Å². The van der Waals surface area contributed by atoms with Crippen molar-refractivity contribution < 1.29 is 4.79 Å². The van der Waals surface area contributed by atoms with Crippen LogP contribution >= 0.6 is 23.1 Å². The van der Waals surface area contributed by atoms with Crippen LogP contribution in [0.25, 0.3) is 0 Å². The molecule has 1 unspecified atom stereocenters. The number of anilines is 2. The number of aryl methyl sites for hydroxylation is 1. The van der Waals surface area contributed by atoms with Crippen LogP contribution in [-0.2, 0) is 11.2 Å². The van der Waals surface area contributed by atoms with Crippen molar-refractivity contribution in [3.8, 4) is 0 Å². The Kier molecular flexibility index (Phi) is 6.23. The second-order valence-electron chi connectivity index (χ2n) is 6.55. The molecule has 2 N–H and O–H groups in total. The molecule has 1 heterocycles. The predicted octanol–water partition coefficient (Wildman–Crippen LogP) is 4.43. The van der Waals surface area contributed by atoms with Crippen LogP contribution in [0.5, 0.6) is 0 Å². The molecule has 2 aromatic rings. The van der Waals surface area contributed by atoms with Gasteiger partial charge in [0.15, 0.2) is 4.34 Å². The molecule has 5 nitrogen and oxygen atoms in total. The zero-order valence-corrected chi connectivity index (χ0v) is 16.3. The molecule has 1 aromatic heterocycles. The van der Waals surface area contributed by atoms with Crippen LogP contribution in [0.15, 0.2) is 28.6 Å². The van der Waals surface area contributed by atoms with Gasteiger partial charge in [0.05, 0.1) is 5.25 Å². The van der Waals surface area contributed by atoms with Crippen LogP contribution in [0.3, 0.4) is 0 Å². The van der Waals surface area contributed by atoms with Crippen molar-refractivity contribution in [3.05, 3.63) is 29.8 Å². The molecule has 0 aliphatic carbocycles. The van der Waals surface area contributed by atoms with E-state index in [2.05, 4.69) is 48.5 Å². The Morgan fingerprint density at radius 2 is 1.92 bits per heavy atom. The highest BCUT2D eigenvalue weighted by Crippen LogP contribution is 2.30. The summed E-state index contributed by atoms with van der Waals surface area (Å²) < 4.78 is 0.783. The molecule has 0 aliphatic rings. The minimum atomic E-state index is -0.244. The van der Waals surface area contributed by atoms with E-state index in [0.717, 1.165) is 21.6 Å². The van der Waals surface area contributed by atoms with E-state index < -0.39 is 0 Å². The number of rotatable bonds is 6. The van der Waals surface area contributed by atoms with Crippen molar-refractivity contribution in [3.63, 3.8) is 0 Å². The van der Waals surface area contributed by atoms with Gasteiger partial charge in [-0.15, -0.1) is 10.2 Å². The van der Waals surface area contributed by atoms with E-state index in [1.54, 1.807) is 0 Å². The fourth-order valence-electron chi connectivity index (χ4n) is 1.90. The quantitative estimate of drug-likeness (QED) is 0.742. The molecular weight excluding hydrogens is 340 g/mol. The molecule has 0 saturated carbocycles. The minimum absolute atomic E-state index is 0.0372. The van der Waals surface area contributed by atoms with Gasteiger partial charge in [-0.25, -0.2) is 0 Å². The zero-order chi connectivity index (χ0) is 17.7. The summed E-state index contributed by atoms with van der Waals surface area (Å²) in [6.07, 6.45) is 0.989. The molecule has 0 bridgehead atoms. The maximum Gasteiger partial charge on any atom is 0.237 e. The van der Waals surface area contributed by atoms with Crippen LogP contribution in [0.2, 0.25) is 0 Å². The van der Waals surface area contributed by atoms with E-state index >= 15 is 0 Å². The summed E-state index contributed by atoms with van der Waals surface area (Å²) in [7, 11) is 0. The van der Waals surface area contributed by atoms with Gasteiger partial charge in [0.25, 0.3) is 0 Å². The lowest BCUT2D eigenvalue weighted by atomic mass is 10.1. The Hall–Kier alpha value is -1.60. The average molecular weight is 365 g/mol. The molecule has 0 radical (unpaired) electrons. The van der Waals surface area contributed by atoms with E-state index in [9.17, 15) is 4.79 Å².